The second-order valence-electron chi connectivity index (χ2n) is 6.46. The molecule has 110 valence electrons. The number of carbonyl (C=O) groups excluding carboxylic acids is 1. The summed E-state index contributed by atoms with van der Waals surface area (Å²) in [6, 6.07) is 0.473. The number of nitrogens with one attached hydrogen (secondary N) is 1. The van der Waals surface area contributed by atoms with E-state index < -0.39 is 0 Å². The molecule has 0 radical (unpaired) electrons. The molecule has 0 aromatic carbocycles. The van der Waals surface area contributed by atoms with Crippen molar-refractivity contribution in [2.75, 3.05) is 13.6 Å². The lowest BCUT2D eigenvalue weighted by molar-refractivity contribution is -0.139. The van der Waals surface area contributed by atoms with Crippen molar-refractivity contribution in [2.45, 2.75) is 76.8 Å². The van der Waals surface area contributed by atoms with Crippen LogP contribution in [-0.2, 0) is 4.79 Å². The third-order valence-electron chi connectivity index (χ3n) is 5.52. The molecule has 1 unspecified atom stereocenters. The van der Waals surface area contributed by atoms with Crippen molar-refractivity contribution < 1.29 is 4.79 Å². The van der Waals surface area contributed by atoms with Crippen molar-refractivity contribution in [2.24, 2.45) is 5.92 Å². The summed E-state index contributed by atoms with van der Waals surface area (Å²) in [4.78, 5) is 14.9. The molecule has 2 fully saturated rings. The third kappa shape index (κ3) is 2.96. The first-order valence-corrected chi connectivity index (χ1v) is 8.15. The molecule has 3 nitrogen and oxygen atoms in total. The number of amides is 1. The van der Waals surface area contributed by atoms with Gasteiger partial charge in [0.1, 0.15) is 0 Å². The first-order chi connectivity index (χ1) is 9.13. The summed E-state index contributed by atoms with van der Waals surface area (Å²) >= 11 is 0. The molecule has 1 amide bonds. The largest absolute Gasteiger partial charge is 0.341 e. The Bertz CT molecular complexity index is 302. The molecule has 0 spiro atoms. The molecule has 1 atom stereocenters. The van der Waals surface area contributed by atoms with Crippen molar-refractivity contribution in [3.8, 4) is 0 Å². The van der Waals surface area contributed by atoms with Crippen LogP contribution in [-0.4, -0.2) is 36.0 Å². The molecular formula is C16H30N2O. The van der Waals surface area contributed by atoms with Crippen LogP contribution in [0.4, 0.5) is 0 Å². The number of likely N-dealkylation sites (N-methyl/N-ethyl adjacent to an activating group) is 1. The minimum absolute atomic E-state index is 0.254. The molecule has 2 aliphatic rings. The molecule has 0 aromatic heterocycles. The molecule has 1 aliphatic heterocycles. The lowest BCUT2D eigenvalue weighted by atomic mass is 9.83. The van der Waals surface area contributed by atoms with Gasteiger partial charge in [-0.05, 0) is 57.4 Å². The Labute approximate surface area is 118 Å². The Kier molecular flexibility index (Phi) is 4.88. The molecule has 1 heterocycles. The molecule has 0 bridgehead atoms. The van der Waals surface area contributed by atoms with Gasteiger partial charge in [0, 0.05) is 13.1 Å². The number of carbonyl (C=O) groups is 1. The highest BCUT2D eigenvalue weighted by Gasteiger charge is 2.42. The van der Waals surface area contributed by atoms with Crippen LogP contribution in [0, 0.1) is 5.92 Å². The van der Waals surface area contributed by atoms with Gasteiger partial charge in [0.25, 0.3) is 0 Å². The van der Waals surface area contributed by atoms with E-state index in [1.165, 1.54) is 32.1 Å². The average molecular weight is 266 g/mol. The Morgan fingerprint density at radius 2 is 1.95 bits per heavy atom. The van der Waals surface area contributed by atoms with Crippen molar-refractivity contribution >= 4 is 5.91 Å². The first-order valence-electron chi connectivity index (χ1n) is 8.15. The fraction of sp³-hybridized carbons (Fsp3) is 0.938. The van der Waals surface area contributed by atoms with Gasteiger partial charge >= 0.3 is 0 Å². The average Bonchev–Trinajstić information content (AvgIpc) is 2.96. The second-order valence-corrected chi connectivity index (χ2v) is 6.46. The van der Waals surface area contributed by atoms with E-state index in [1.807, 2.05) is 7.05 Å². The van der Waals surface area contributed by atoms with Gasteiger partial charge in [0.15, 0.2) is 0 Å². The lowest BCUT2D eigenvalue weighted by Gasteiger charge is -2.39. The van der Waals surface area contributed by atoms with E-state index in [4.69, 9.17) is 0 Å². The maximum atomic E-state index is 12.8. The highest BCUT2D eigenvalue weighted by molar-refractivity contribution is 5.86. The monoisotopic (exact) mass is 266 g/mol. The van der Waals surface area contributed by atoms with Crippen molar-refractivity contribution in [3.05, 3.63) is 0 Å². The third-order valence-corrected chi connectivity index (χ3v) is 5.52. The SMILES string of the molecule is CCC1CCC(N(C)C(=O)C2(CC)CCCN2)CC1. The van der Waals surface area contributed by atoms with Crippen LogP contribution in [0.15, 0.2) is 0 Å². The van der Waals surface area contributed by atoms with Gasteiger partial charge in [-0.2, -0.15) is 0 Å². The zero-order valence-electron chi connectivity index (χ0n) is 12.9. The molecule has 1 saturated heterocycles. The van der Waals surface area contributed by atoms with E-state index in [9.17, 15) is 4.79 Å². The van der Waals surface area contributed by atoms with Crippen LogP contribution in [0.25, 0.3) is 0 Å². The van der Waals surface area contributed by atoms with Gasteiger partial charge in [-0.1, -0.05) is 20.3 Å². The molecule has 19 heavy (non-hydrogen) atoms. The molecular weight excluding hydrogens is 236 g/mol. The fourth-order valence-electron chi connectivity index (χ4n) is 3.89. The normalized spacial score (nSPS) is 35.3. The number of rotatable bonds is 4. The van der Waals surface area contributed by atoms with Gasteiger partial charge in [0.2, 0.25) is 5.91 Å². The molecule has 1 saturated carbocycles. The Morgan fingerprint density at radius 3 is 2.42 bits per heavy atom. The topological polar surface area (TPSA) is 32.3 Å². The molecule has 2 rings (SSSR count). The van der Waals surface area contributed by atoms with Gasteiger partial charge in [-0.3, -0.25) is 4.79 Å². The fourth-order valence-corrected chi connectivity index (χ4v) is 3.89. The molecule has 3 heteroatoms. The quantitative estimate of drug-likeness (QED) is 0.848. The van der Waals surface area contributed by atoms with Crippen molar-refractivity contribution in [3.63, 3.8) is 0 Å². The van der Waals surface area contributed by atoms with E-state index in [-0.39, 0.29) is 5.54 Å². The Hall–Kier alpha value is -0.570. The predicted octanol–water partition coefficient (Wildman–Crippen LogP) is 2.95. The minimum atomic E-state index is -0.254. The predicted molar refractivity (Wildman–Crippen MR) is 79.1 cm³/mol. The van der Waals surface area contributed by atoms with E-state index in [0.29, 0.717) is 11.9 Å². The van der Waals surface area contributed by atoms with E-state index in [0.717, 1.165) is 31.7 Å². The van der Waals surface area contributed by atoms with Gasteiger partial charge in [0.05, 0.1) is 5.54 Å². The van der Waals surface area contributed by atoms with Crippen LogP contribution >= 0.6 is 0 Å². The van der Waals surface area contributed by atoms with Gasteiger partial charge in [-0.25, -0.2) is 0 Å². The second kappa shape index (κ2) is 6.25. The summed E-state index contributed by atoms with van der Waals surface area (Å²) in [6.07, 6.45) is 9.34. The summed E-state index contributed by atoms with van der Waals surface area (Å²) in [7, 11) is 2.02. The van der Waals surface area contributed by atoms with Crippen LogP contribution in [0.1, 0.15) is 65.2 Å². The van der Waals surface area contributed by atoms with E-state index in [1.54, 1.807) is 0 Å². The highest BCUT2D eigenvalue weighted by atomic mass is 16.2. The summed E-state index contributed by atoms with van der Waals surface area (Å²) in [5.74, 6) is 1.23. The van der Waals surface area contributed by atoms with Crippen LogP contribution < -0.4 is 5.32 Å². The van der Waals surface area contributed by atoms with Crippen molar-refractivity contribution in [1.29, 1.82) is 0 Å². The Morgan fingerprint density at radius 1 is 1.26 bits per heavy atom. The van der Waals surface area contributed by atoms with Gasteiger partial charge < -0.3 is 10.2 Å². The molecule has 0 aromatic rings. The first kappa shape index (κ1) is 14.8. The standard InChI is InChI=1S/C16H30N2O/c1-4-13-7-9-14(10-8-13)18(3)15(19)16(5-2)11-6-12-17-16/h13-14,17H,4-12H2,1-3H3. The summed E-state index contributed by atoms with van der Waals surface area (Å²) in [5.41, 5.74) is -0.254. The van der Waals surface area contributed by atoms with Crippen LogP contribution in [0.2, 0.25) is 0 Å². The minimum Gasteiger partial charge on any atom is -0.341 e. The van der Waals surface area contributed by atoms with Crippen LogP contribution in [0.3, 0.4) is 0 Å². The molecule has 1 aliphatic carbocycles. The van der Waals surface area contributed by atoms with E-state index >= 15 is 0 Å². The summed E-state index contributed by atoms with van der Waals surface area (Å²) < 4.78 is 0. The smallest absolute Gasteiger partial charge is 0.242 e. The van der Waals surface area contributed by atoms with Crippen molar-refractivity contribution in [1.82, 2.24) is 10.2 Å². The zero-order valence-corrected chi connectivity index (χ0v) is 12.9. The van der Waals surface area contributed by atoms with Gasteiger partial charge in [-0.15, -0.1) is 0 Å². The Balaban J connectivity index is 1.95. The summed E-state index contributed by atoms with van der Waals surface area (Å²) in [6.45, 7) is 5.42. The highest BCUT2D eigenvalue weighted by Crippen LogP contribution is 2.32. The van der Waals surface area contributed by atoms with E-state index in [2.05, 4.69) is 24.1 Å². The maximum Gasteiger partial charge on any atom is 0.242 e. The number of hydrogen-bond donors (Lipinski definition) is 1. The molecule has 1 N–H and O–H groups in total. The zero-order chi connectivity index (χ0) is 13.9. The summed E-state index contributed by atoms with van der Waals surface area (Å²) in [5, 5.41) is 3.47. The number of nitrogens with zero attached hydrogens (tertiary/aromatic N) is 1. The lowest BCUT2D eigenvalue weighted by Crippen LogP contribution is -2.56. The van der Waals surface area contributed by atoms with Crippen LogP contribution in [0.5, 0.6) is 0 Å². The number of hydrogen-bond acceptors (Lipinski definition) is 2. The maximum absolute atomic E-state index is 12.8.